The number of imide groups is 1. The summed E-state index contributed by atoms with van der Waals surface area (Å²) in [6, 6.07) is 0. The lowest BCUT2D eigenvalue weighted by atomic mass is 10.1. The Hall–Kier alpha value is -1.69. The molecule has 0 spiro atoms. The summed E-state index contributed by atoms with van der Waals surface area (Å²) in [5.74, 6) is -1.14. The minimum absolute atomic E-state index is 0.0771. The van der Waals surface area contributed by atoms with Crippen LogP contribution in [0.4, 0.5) is 0 Å². The molecule has 1 fully saturated rings. The largest absolute Gasteiger partial charge is 0.478 e. The molecule has 6 heteroatoms. The molecule has 90 valence electrons. The number of rotatable bonds is 3. The summed E-state index contributed by atoms with van der Waals surface area (Å²) in [6.07, 6.45) is 2.51. The third-order valence-corrected chi connectivity index (χ3v) is 1.91. The normalized spacial score (nSPS) is 15.2. The van der Waals surface area contributed by atoms with Crippen LogP contribution in [0.2, 0.25) is 0 Å². The molecule has 0 aliphatic carbocycles. The second-order valence-corrected chi connectivity index (χ2v) is 3.12. The van der Waals surface area contributed by atoms with Gasteiger partial charge in [-0.2, -0.15) is 0 Å². The van der Waals surface area contributed by atoms with Crippen LogP contribution in [0.1, 0.15) is 19.3 Å². The summed E-state index contributed by atoms with van der Waals surface area (Å²) in [4.78, 5) is 32.6. The lowest BCUT2D eigenvalue weighted by Gasteiger charge is -2.23. The van der Waals surface area contributed by atoms with E-state index in [1.54, 1.807) is 0 Å². The Bertz CT molecular complexity index is 273. The van der Waals surface area contributed by atoms with Gasteiger partial charge in [-0.3, -0.25) is 14.5 Å². The molecular weight excluding hydrogens is 212 g/mol. The van der Waals surface area contributed by atoms with Crippen LogP contribution in [0.25, 0.3) is 0 Å². The van der Waals surface area contributed by atoms with Crippen LogP contribution in [0.3, 0.4) is 0 Å². The van der Waals surface area contributed by atoms with Crippen molar-refractivity contribution in [2.24, 2.45) is 5.73 Å². The van der Waals surface area contributed by atoms with Crippen LogP contribution < -0.4 is 5.73 Å². The number of carboxylic acid groups (broad SMARTS) is 1. The molecule has 0 aromatic carbocycles. The highest BCUT2D eigenvalue weighted by molar-refractivity contribution is 5.97. The summed E-state index contributed by atoms with van der Waals surface area (Å²) in [5.41, 5.74) is 5.24. The molecule has 0 saturated carbocycles. The number of likely N-dealkylation sites (tertiary alicyclic amines) is 1. The first-order chi connectivity index (χ1) is 7.52. The molecule has 2 amide bonds. The van der Waals surface area contributed by atoms with Gasteiger partial charge in [0.05, 0.1) is 0 Å². The summed E-state index contributed by atoms with van der Waals surface area (Å²) < 4.78 is 0. The first kappa shape index (κ1) is 14.3. The monoisotopic (exact) mass is 228 g/mol. The number of hydrogen-bond donors (Lipinski definition) is 2. The van der Waals surface area contributed by atoms with Crippen LogP contribution in [0, 0.1) is 0 Å². The molecule has 6 nitrogen and oxygen atoms in total. The van der Waals surface area contributed by atoms with E-state index in [0.29, 0.717) is 32.4 Å². The maximum Gasteiger partial charge on any atom is 0.327 e. The van der Waals surface area contributed by atoms with Gasteiger partial charge in [-0.05, 0) is 6.42 Å². The SMILES string of the molecule is C=CC(=O)O.NCCN1C(=O)CCCC1=O. The van der Waals surface area contributed by atoms with E-state index in [9.17, 15) is 14.4 Å². The summed E-state index contributed by atoms with van der Waals surface area (Å²) in [7, 11) is 0. The van der Waals surface area contributed by atoms with Gasteiger partial charge in [0.2, 0.25) is 11.8 Å². The highest BCUT2D eigenvalue weighted by Gasteiger charge is 2.24. The van der Waals surface area contributed by atoms with Crippen molar-refractivity contribution in [2.45, 2.75) is 19.3 Å². The van der Waals surface area contributed by atoms with E-state index in [0.717, 1.165) is 6.08 Å². The van der Waals surface area contributed by atoms with Crippen molar-refractivity contribution in [1.82, 2.24) is 4.90 Å². The van der Waals surface area contributed by atoms with Crippen molar-refractivity contribution in [3.8, 4) is 0 Å². The third kappa shape index (κ3) is 5.26. The van der Waals surface area contributed by atoms with Crippen LogP contribution in [-0.2, 0) is 14.4 Å². The van der Waals surface area contributed by atoms with Gasteiger partial charge in [0.15, 0.2) is 0 Å². The van der Waals surface area contributed by atoms with Gasteiger partial charge < -0.3 is 10.8 Å². The van der Waals surface area contributed by atoms with E-state index < -0.39 is 5.97 Å². The van der Waals surface area contributed by atoms with Crippen molar-refractivity contribution in [3.05, 3.63) is 12.7 Å². The van der Waals surface area contributed by atoms with Crippen molar-refractivity contribution in [3.63, 3.8) is 0 Å². The van der Waals surface area contributed by atoms with Crippen molar-refractivity contribution in [1.29, 1.82) is 0 Å². The lowest BCUT2D eigenvalue weighted by molar-refractivity contribution is -0.147. The molecule has 0 atom stereocenters. The van der Waals surface area contributed by atoms with Crippen LogP contribution in [-0.4, -0.2) is 40.9 Å². The summed E-state index contributed by atoms with van der Waals surface area (Å²) in [6.45, 7) is 3.69. The topological polar surface area (TPSA) is 101 Å². The van der Waals surface area contributed by atoms with Crippen molar-refractivity contribution >= 4 is 17.8 Å². The fourth-order valence-electron chi connectivity index (χ4n) is 1.18. The van der Waals surface area contributed by atoms with Crippen LogP contribution in [0.5, 0.6) is 0 Å². The average molecular weight is 228 g/mol. The quantitative estimate of drug-likeness (QED) is 0.512. The standard InChI is InChI=1S/C7H12N2O2.C3H4O2/c8-4-5-9-6(10)2-1-3-7(9)11;1-2-3(4)5/h1-5,8H2;2H,1H2,(H,4,5). The zero-order chi connectivity index (χ0) is 12.6. The van der Waals surface area contributed by atoms with E-state index in [1.807, 2.05) is 0 Å². The first-order valence-corrected chi connectivity index (χ1v) is 4.91. The molecule has 0 bridgehead atoms. The fraction of sp³-hybridized carbons (Fsp3) is 0.500. The highest BCUT2D eigenvalue weighted by atomic mass is 16.4. The Morgan fingerprint density at radius 3 is 2.19 bits per heavy atom. The molecular formula is C10H16N2O4. The number of carboxylic acids is 1. The van der Waals surface area contributed by atoms with Crippen molar-refractivity contribution in [2.75, 3.05) is 13.1 Å². The van der Waals surface area contributed by atoms with E-state index in [2.05, 4.69) is 6.58 Å². The number of nitrogens with two attached hydrogens (primary N) is 1. The second-order valence-electron chi connectivity index (χ2n) is 3.12. The molecule has 3 N–H and O–H groups in total. The number of carbonyl (C=O) groups is 3. The predicted octanol–water partition coefficient (Wildman–Crippen LogP) is -0.259. The molecule has 0 unspecified atom stereocenters. The number of aliphatic carboxylic acids is 1. The second kappa shape index (κ2) is 7.58. The Morgan fingerprint density at radius 2 is 1.88 bits per heavy atom. The Kier molecular flexibility index (Phi) is 6.78. The fourth-order valence-corrected chi connectivity index (χ4v) is 1.18. The van der Waals surface area contributed by atoms with E-state index in [4.69, 9.17) is 10.8 Å². The molecule has 1 saturated heterocycles. The smallest absolute Gasteiger partial charge is 0.327 e. The molecule has 0 aromatic heterocycles. The maximum absolute atomic E-state index is 11.0. The molecule has 1 aliphatic heterocycles. The Labute approximate surface area is 93.7 Å². The molecule has 16 heavy (non-hydrogen) atoms. The zero-order valence-electron chi connectivity index (χ0n) is 9.02. The third-order valence-electron chi connectivity index (χ3n) is 1.91. The van der Waals surface area contributed by atoms with Gasteiger partial charge in [0, 0.05) is 32.0 Å². The van der Waals surface area contributed by atoms with E-state index in [1.165, 1.54) is 4.90 Å². The van der Waals surface area contributed by atoms with Gasteiger partial charge in [0.1, 0.15) is 0 Å². The van der Waals surface area contributed by atoms with E-state index >= 15 is 0 Å². The average Bonchev–Trinajstić information content (AvgIpc) is 2.24. The van der Waals surface area contributed by atoms with Gasteiger partial charge in [-0.25, -0.2) is 4.79 Å². The van der Waals surface area contributed by atoms with Gasteiger partial charge in [0.25, 0.3) is 0 Å². The zero-order valence-corrected chi connectivity index (χ0v) is 9.02. The number of piperidine rings is 1. The maximum atomic E-state index is 11.0. The Morgan fingerprint density at radius 1 is 1.44 bits per heavy atom. The predicted molar refractivity (Wildman–Crippen MR) is 57.5 cm³/mol. The molecule has 0 aromatic rings. The molecule has 1 rings (SSSR count). The van der Waals surface area contributed by atoms with Crippen LogP contribution >= 0.6 is 0 Å². The van der Waals surface area contributed by atoms with Gasteiger partial charge >= 0.3 is 5.97 Å². The summed E-state index contributed by atoms with van der Waals surface area (Å²) >= 11 is 0. The number of carbonyl (C=O) groups excluding carboxylic acids is 2. The number of hydrogen-bond acceptors (Lipinski definition) is 4. The number of nitrogens with zero attached hydrogens (tertiary/aromatic N) is 1. The number of amides is 2. The van der Waals surface area contributed by atoms with Crippen molar-refractivity contribution < 1.29 is 19.5 Å². The van der Waals surface area contributed by atoms with Gasteiger partial charge in [-0.1, -0.05) is 6.58 Å². The van der Waals surface area contributed by atoms with E-state index in [-0.39, 0.29) is 11.8 Å². The lowest BCUT2D eigenvalue weighted by Crippen LogP contribution is -2.42. The molecule has 1 heterocycles. The minimum Gasteiger partial charge on any atom is -0.478 e. The van der Waals surface area contributed by atoms with Gasteiger partial charge in [-0.15, -0.1) is 0 Å². The first-order valence-electron chi connectivity index (χ1n) is 4.91. The van der Waals surface area contributed by atoms with Crippen LogP contribution in [0.15, 0.2) is 12.7 Å². The Balaban J connectivity index is 0.000000385. The molecule has 0 radical (unpaired) electrons. The highest BCUT2D eigenvalue weighted by Crippen LogP contribution is 2.10. The minimum atomic E-state index is -0.981. The molecule has 1 aliphatic rings. The summed E-state index contributed by atoms with van der Waals surface area (Å²) in [5, 5.41) is 7.60.